The monoisotopic (exact) mass is 195 g/mol. The lowest BCUT2D eigenvalue weighted by Gasteiger charge is -2.31. The second kappa shape index (κ2) is 3.79. The van der Waals surface area contributed by atoms with Crippen LogP contribution in [-0.2, 0) is 0 Å². The van der Waals surface area contributed by atoms with Gasteiger partial charge in [0.15, 0.2) is 0 Å². The molecule has 1 aliphatic rings. The second-order valence-electron chi connectivity index (χ2n) is 3.37. The van der Waals surface area contributed by atoms with Gasteiger partial charge in [-0.2, -0.15) is 0 Å². The van der Waals surface area contributed by atoms with Crippen molar-refractivity contribution in [1.82, 2.24) is 9.97 Å². The minimum Gasteiger partial charge on any atom is -0.481 e. The van der Waals surface area contributed by atoms with Gasteiger partial charge in [0.2, 0.25) is 11.8 Å². The van der Waals surface area contributed by atoms with Crippen LogP contribution in [0.2, 0.25) is 0 Å². The lowest BCUT2D eigenvalue weighted by Crippen LogP contribution is -2.43. The van der Waals surface area contributed by atoms with Crippen molar-refractivity contribution in [1.29, 1.82) is 0 Å². The molecule has 5 heteroatoms. The second-order valence-corrected chi connectivity index (χ2v) is 3.37. The number of ether oxygens (including phenoxy) is 2. The van der Waals surface area contributed by atoms with Crippen molar-refractivity contribution >= 4 is 0 Å². The molecule has 0 aliphatic heterocycles. The highest BCUT2D eigenvalue weighted by Gasteiger charge is 2.27. The van der Waals surface area contributed by atoms with Gasteiger partial charge in [-0.05, 0) is 12.8 Å². The van der Waals surface area contributed by atoms with Crippen LogP contribution in [0.15, 0.2) is 12.4 Å². The Kier molecular flexibility index (Phi) is 2.49. The Morgan fingerprint density at radius 1 is 1.36 bits per heavy atom. The van der Waals surface area contributed by atoms with Crippen molar-refractivity contribution in [2.24, 2.45) is 5.73 Å². The molecule has 1 saturated carbocycles. The van der Waals surface area contributed by atoms with Crippen molar-refractivity contribution in [2.45, 2.75) is 25.0 Å². The van der Waals surface area contributed by atoms with Gasteiger partial charge in [0.05, 0.1) is 13.2 Å². The number of nitrogens with two attached hydrogens (primary N) is 1. The predicted octanol–water partition coefficient (Wildman–Crippen LogP) is 0.354. The molecule has 0 amide bonds. The molecule has 2 rings (SSSR count). The normalized spacial score (nSPS) is 25.3. The van der Waals surface area contributed by atoms with Gasteiger partial charge in [-0.3, -0.25) is 0 Å². The molecule has 5 nitrogen and oxygen atoms in total. The summed E-state index contributed by atoms with van der Waals surface area (Å²) in [6.07, 6.45) is 3.41. The molecule has 0 aromatic carbocycles. The predicted molar refractivity (Wildman–Crippen MR) is 50.2 cm³/mol. The molecule has 1 heterocycles. The highest BCUT2D eigenvalue weighted by Crippen LogP contribution is 2.24. The van der Waals surface area contributed by atoms with Gasteiger partial charge in [0.25, 0.3) is 0 Å². The minimum atomic E-state index is 0.199. The number of hydrogen-bond acceptors (Lipinski definition) is 5. The fraction of sp³-hybridized carbons (Fsp3) is 0.556. The van der Waals surface area contributed by atoms with E-state index in [1.807, 2.05) is 0 Å². The molecule has 1 aromatic rings. The summed E-state index contributed by atoms with van der Waals surface area (Å²) < 4.78 is 10.5. The first-order chi connectivity index (χ1) is 6.78. The zero-order valence-electron chi connectivity index (χ0n) is 8.01. The number of aromatic nitrogens is 2. The maximum absolute atomic E-state index is 5.64. The molecule has 14 heavy (non-hydrogen) atoms. The Bertz CT molecular complexity index is 313. The van der Waals surface area contributed by atoms with Gasteiger partial charge < -0.3 is 15.2 Å². The summed E-state index contributed by atoms with van der Waals surface area (Å²) in [5, 5.41) is 0. The molecule has 2 N–H and O–H groups in total. The lowest BCUT2D eigenvalue weighted by molar-refractivity contribution is 0.0952. The van der Waals surface area contributed by atoms with Crippen molar-refractivity contribution in [2.75, 3.05) is 7.11 Å². The van der Waals surface area contributed by atoms with Crippen molar-refractivity contribution < 1.29 is 9.47 Å². The average molecular weight is 195 g/mol. The molecular formula is C9H13N3O2. The highest BCUT2D eigenvalue weighted by molar-refractivity contribution is 5.18. The van der Waals surface area contributed by atoms with E-state index in [0.29, 0.717) is 11.8 Å². The van der Waals surface area contributed by atoms with E-state index >= 15 is 0 Å². The highest BCUT2D eigenvalue weighted by atomic mass is 16.5. The van der Waals surface area contributed by atoms with Crippen LogP contribution in [-0.4, -0.2) is 29.2 Å². The van der Waals surface area contributed by atoms with Gasteiger partial charge in [0.1, 0.15) is 12.4 Å². The van der Waals surface area contributed by atoms with Crippen LogP contribution < -0.4 is 15.2 Å². The Hall–Kier alpha value is -1.36. The third-order valence-corrected chi connectivity index (χ3v) is 2.24. The molecule has 0 unspecified atom stereocenters. The van der Waals surface area contributed by atoms with E-state index in [0.717, 1.165) is 12.8 Å². The van der Waals surface area contributed by atoms with Crippen LogP contribution in [0.4, 0.5) is 0 Å². The maximum Gasteiger partial charge on any atom is 0.220 e. The molecule has 0 bridgehead atoms. The molecule has 1 aromatic heterocycles. The number of hydrogen-bond donors (Lipinski definition) is 1. The van der Waals surface area contributed by atoms with Crippen LogP contribution in [0, 0.1) is 0 Å². The summed E-state index contributed by atoms with van der Waals surface area (Å²) in [6, 6.07) is 1.95. The van der Waals surface area contributed by atoms with Crippen molar-refractivity contribution in [3.05, 3.63) is 12.4 Å². The van der Waals surface area contributed by atoms with E-state index in [-0.39, 0.29) is 12.1 Å². The Labute approximate surface area is 82.3 Å². The van der Waals surface area contributed by atoms with E-state index in [4.69, 9.17) is 15.2 Å². The molecule has 0 atom stereocenters. The largest absolute Gasteiger partial charge is 0.481 e. The fourth-order valence-corrected chi connectivity index (χ4v) is 1.37. The summed E-state index contributed by atoms with van der Waals surface area (Å²) in [6.45, 7) is 0. The molecule has 1 aliphatic carbocycles. The SMILES string of the molecule is COc1cc(OC2CC(N)C2)ncn1. The number of nitrogens with zero attached hydrogens (tertiary/aromatic N) is 2. The van der Waals surface area contributed by atoms with Gasteiger partial charge in [-0.15, -0.1) is 0 Å². The standard InChI is InChI=1S/C9H13N3O2/c1-13-8-4-9(12-5-11-8)14-7-2-6(10)3-7/h4-7H,2-3,10H2,1H3. The summed E-state index contributed by atoms with van der Waals surface area (Å²) in [5.74, 6) is 1.06. The molecule has 0 spiro atoms. The summed E-state index contributed by atoms with van der Waals surface area (Å²) in [5.41, 5.74) is 5.64. The van der Waals surface area contributed by atoms with Crippen LogP contribution in [0.25, 0.3) is 0 Å². The van der Waals surface area contributed by atoms with Crippen molar-refractivity contribution in [3.8, 4) is 11.8 Å². The Morgan fingerprint density at radius 2 is 2.07 bits per heavy atom. The first-order valence-corrected chi connectivity index (χ1v) is 4.56. The third kappa shape index (κ3) is 1.93. The van der Waals surface area contributed by atoms with E-state index in [1.54, 1.807) is 13.2 Å². The molecule has 0 radical (unpaired) electrons. The van der Waals surface area contributed by atoms with Gasteiger partial charge in [0, 0.05) is 6.04 Å². The van der Waals surface area contributed by atoms with E-state index < -0.39 is 0 Å². The molecule has 0 saturated heterocycles. The van der Waals surface area contributed by atoms with Crippen LogP contribution >= 0.6 is 0 Å². The Balaban J connectivity index is 1.95. The van der Waals surface area contributed by atoms with E-state index in [2.05, 4.69) is 9.97 Å². The third-order valence-electron chi connectivity index (χ3n) is 2.24. The molecule has 76 valence electrons. The summed E-state index contributed by atoms with van der Waals surface area (Å²) in [7, 11) is 1.56. The minimum absolute atomic E-state index is 0.199. The summed E-state index contributed by atoms with van der Waals surface area (Å²) >= 11 is 0. The van der Waals surface area contributed by atoms with Gasteiger partial charge in [-0.1, -0.05) is 0 Å². The topological polar surface area (TPSA) is 70.3 Å². The van der Waals surface area contributed by atoms with E-state index in [9.17, 15) is 0 Å². The number of methoxy groups -OCH3 is 1. The molecular weight excluding hydrogens is 182 g/mol. The smallest absolute Gasteiger partial charge is 0.220 e. The fourth-order valence-electron chi connectivity index (χ4n) is 1.37. The first kappa shape index (κ1) is 9.21. The quantitative estimate of drug-likeness (QED) is 0.753. The van der Waals surface area contributed by atoms with Crippen LogP contribution in [0.5, 0.6) is 11.8 Å². The van der Waals surface area contributed by atoms with Gasteiger partial charge in [-0.25, -0.2) is 9.97 Å². The summed E-state index contributed by atoms with van der Waals surface area (Å²) in [4.78, 5) is 7.87. The maximum atomic E-state index is 5.64. The van der Waals surface area contributed by atoms with E-state index in [1.165, 1.54) is 6.33 Å². The average Bonchev–Trinajstić information content (AvgIpc) is 2.16. The molecule has 1 fully saturated rings. The first-order valence-electron chi connectivity index (χ1n) is 4.56. The van der Waals surface area contributed by atoms with Crippen molar-refractivity contribution in [3.63, 3.8) is 0 Å². The van der Waals surface area contributed by atoms with Gasteiger partial charge >= 0.3 is 0 Å². The zero-order chi connectivity index (χ0) is 9.97. The zero-order valence-corrected chi connectivity index (χ0v) is 8.01. The Morgan fingerprint density at radius 3 is 2.71 bits per heavy atom. The van der Waals surface area contributed by atoms with Crippen LogP contribution in [0.3, 0.4) is 0 Å². The number of rotatable bonds is 3. The van der Waals surface area contributed by atoms with Crippen LogP contribution in [0.1, 0.15) is 12.8 Å². The lowest BCUT2D eigenvalue weighted by atomic mass is 9.90.